The van der Waals surface area contributed by atoms with Crippen molar-refractivity contribution in [2.75, 3.05) is 5.75 Å². The highest BCUT2D eigenvalue weighted by Crippen LogP contribution is 2.30. The first-order chi connectivity index (χ1) is 11.5. The Morgan fingerprint density at radius 1 is 1.21 bits per heavy atom. The van der Waals surface area contributed by atoms with Crippen molar-refractivity contribution in [3.63, 3.8) is 0 Å². The van der Waals surface area contributed by atoms with Gasteiger partial charge in [0.1, 0.15) is 0 Å². The van der Waals surface area contributed by atoms with E-state index in [2.05, 4.69) is 5.32 Å². The van der Waals surface area contributed by atoms with Crippen LogP contribution in [0.15, 0.2) is 18.2 Å². The van der Waals surface area contributed by atoms with Crippen molar-refractivity contribution >= 4 is 52.0 Å². The molecule has 1 N–H and O–H groups in total. The minimum absolute atomic E-state index is 0.177. The Hall–Kier alpha value is -1.24. The number of halogens is 2. The zero-order valence-electron chi connectivity index (χ0n) is 12.8. The minimum Gasteiger partial charge on any atom is -0.347 e. The molecule has 0 unspecified atom stereocenters. The maximum Gasteiger partial charge on any atom is 0.289 e. The summed E-state index contributed by atoms with van der Waals surface area (Å²) in [5.74, 6) is -0.348. The van der Waals surface area contributed by atoms with E-state index in [1.807, 2.05) is 0 Å². The molecule has 0 aromatic heterocycles. The number of nitrogens with zero attached hydrogens (tertiary/aromatic N) is 1. The maximum atomic E-state index is 12.6. The van der Waals surface area contributed by atoms with E-state index >= 15 is 0 Å². The number of hydrogen-bond donors (Lipinski definition) is 1. The smallest absolute Gasteiger partial charge is 0.289 e. The van der Waals surface area contributed by atoms with Crippen molar-refractivity contribution in [2.24, 2.45) is 0 Å². The number of hydrogen-bond acceptors (Lipinski definition) is 4. The Kier molecular flexibility index (Phi) is 5.37. The number of amides is 3. The van der Waals surface area contributed by atoms with Gasteiger partial charge in [0, 0.05) is 5.02 Å². The summed E-state index contributed by atoms with van der Waals surface area (Å²) in [6.07, 6.45) is 3.29. The van der Waals surface area contributed by atoms with Crippen LogP contribution in [0, 0.1) is 0 Å². The molecule has 0 radical (unpaired) electrons. The van der Waals surface area contributed by atoms with Crippen molar-refractivity contribution < 1.29 is 14.4 Å². The van der Waals surface area contributed by atoms with Crippen LogP contribution < -0.4 is 5.32 Å². The Labute approximate surface area is 154 Å². The maximum absolute atomic E-state index is 12.6. The van der Waals surface area contributed by atoms with E-state index in [1.54, 1.807) is 12.1 Å². The predicted molar refractivity (Wildman–Crippen MR) is 94.7 cm³/mol. The summed E-state index contributed by atoms with van der Waals surface area (Å²) in [6.45, 7) is 0. The van der Waals surface area contributed by atoms with E-state index < -0.39 is 0 Å². The topological polar surface area (TPSA) is 66.5 Å². The largest absolute Gasteiger partial charge is 0.347 e. The van der Waals surface area contributed by atoms with Crippen molar-refractivity contribution in [3.8, 4) is 0 Å². The van der Waals surface area contributed by atoms with Gasteiger partial charge in [-0.1, -0.05) is 47.8 Å². The molecular formula is C16H16Cl2N2O3S. The molecule has 1 aromatic carbocycles. The summed E-state index contributed by atoms with van der Waals surface area (Å²) in [5, 5.41) is 3.44. The molecule has 2 fully saturated rings. The molecule has 1 saturated heterocycles. The van der Waals surface area contributed by atoms with Gasteiger partial charge < -0.3 is 5.32 Å². The molecule has 3 amide bonds. The monoisotopic (exact) mass is 386 g/mol. The van der Waals surface area contributed by atoms with Crippen LogP contribution in [-0.2, 0) is 4.79 Å². The van der Waals surface area contributed by atoms with Crippen molar-refractivity contribution in [3.05, 3.63) is 33.8 Å². The molecule has 1 aliphatic heterocycles. The number of carbonyl (C=O) groups excluding carboxylic acids is 3. The summed E-state index contributed by atoms with van der Waals surface area (Å²) >= 11 is 13.0. The van der Waals surface area contributed by atoms with Crippen LogP contribution in [0.5, 0.6) is 0 Å². The number of carbonyl (C=O) groups is 3. The fourth-order valence-corrected chi connectivity index (χ4v) is 4.33. The molecule has 2 aliphatic rings. The van der Waals surface area contributed by atoms with Crippen LogP contribution in [0.4, 0.5) is 4.79 Å². The van der Waals surface area contributed by atoms with Gasteiger partial charge in [-0.15, -0.1) is 0 Å². The van der Waals surface area contributed by atoms with Gasteiger partial charge in [-0.05, 0) is 31.0 Å². The fraction of sp³-hybridized carbons (Fsp3) is 0.438. The first-order valence-corrected chi connectivity index (χ1v) is 9.46. The molecule has 5 nitrogen and oxygen atoms in total. The van der Waals surface area contributed by atoms with E-state index in [0.717, 1.165) is 31.0 Å². The Bertz CT molecular complexity index is 682. The Morgan fingerprint density at radius 2 is 1.96 bits per heavy atom. The average molecular weight is 387 g/mol. The number of imide groups is 1. The summed E-state index contributed by atoms with van der Waals surface area (Å²) in [6, 6.07) is 4.13. The summed E-state index contributed by atoms with van der Waals surface area (Å²) < 4.78 is 0. The van der Waals surface area contributed by atoms with Crippen LogP contribution in [0.25, 0.3) is 0 Å². The first-order valence-electron chi connectivity index (χ1n) is 7.72. The normalized spacial score (nSPS) is 24.3. The number of nitrogens with one attached hydrogen (secondary N) is 1. The van der Waals surface area contributed by atoms with Gasteiger partial charge in [0.2, 0.25) is 5.91 Å². The quantitative estimate of drug-likeness (QED) is 0.858. The zero-order valence-corrected chi connectivity index (χ0v) is 15.1. The van der Waals surface area contributed by atoms with Crippen LogP contribution in [0.1, 0.15) is 36.0 Å². The summed E-state index contributed by atoms with van der Waals surface area (Å²) in [4.78, 5) is 37.9. The number of rotatable bonds is 3. The van der Waals surface area contributed by atoms with Crippen LogP contribution >= 0.6 is 35.0 Å². The SMILES string of the molecule is O=C(N[C@H]1CCCC[C@H]1N1C(=O)CSC1=O)c1cc(Cl)ccc1Cl. The van der Waals surface area contributed by atoms with E-state index in [9.17, 15) is 14.4 Å². The fourth-order valence-electron chi connectivity index (χ4n) is 3.19. The van der Waals surface area contributed by atoms with Crippen LogP contribution in [0.2, 0.25) is 10.0 Å². The molecule has 1 heterocycles. The predicted octanol–water partition coefficient (Wildman–Crippen LogP) is 3.73. The molecule has 1 saturated carbocycles. The molecule has 1 aliphatic carbocycles. The molecule has 3 rings (SSSR count). The molecule has 1 aromatic rings. The van der Waals surface area contributed by atoms with Gasteiger partial charge in [0.15, 0.2) is 0 Å². The molecule has 2 atom stereocenters. The molecule has 24 heavy (non-hydrogen) atoms. The van der Waals surface area contributed by atoms with Crippen molar-refractivity contribution in [1.82, 2.24) is 10.2 Å². The molecule has 0 spiro atoms. The second-order valence-electron chi connectivity index (χ2n) is 5.87. The third-order valence-corrected chi connectivity index (χ3v) is 5.73. The van der Waals surface area contributed by atoms with Crippen LogP contribution in [0.3, 0.4) is 0 Å². The third kappa shape index (κ3) is 3.55. The Morgan fingerprint density at radius 3 is 2.67 bits per heavy atom. The van der Waals surface area contributed by atoms with Crippen LogP contribution in [-0.4, -0.2) is 39.8 Å². The highest BCUT2D eigenvalue weighted by molar-refractivity contribution is 8.14. The van der Waals surface area contributed by atoms with Gasteiger partial charge in [-0.2, -0.15) is 0 Å². The van der Waals surface area contributed by atoms with Gasteiger partial charge in [0.05, 0.1) is 28.4 Å². The minimum atomic E-state index is -0.342. The Balaban J connectivity index is 1.79. The lowest BCUT2D eigenvalue weighted by Crippen LogP contribution is -2.54. The van der Waals surface area contributed by atoms with Crippen molar-refractivity contribution in [1.29, 1.82) is 0 Å². The lowest BCUT2D eigenvalue weighted by Gasteiger charge is -2.36. The van der Waals surface area contributed by atoms with E-state index in [0.29, 0.717) is 22.0 Å². The lowest BCUT2D eigenvalue weighted by atomic mass is 9.89. The average Bonchev–Trinajstić information content (AvgIpc) is 2.89. The third-order valence-electron chi connectivity index (χ3n) is 4.34. The highest BCUT2D eigenvalue weighted by atomic mass is 35.5. The standard InChI is InChI=1S/C16H16Cl2N2O3S/c17-9-5-6-11(18)10(7-9)15(22)19-12-3-1-2-4-13(12)20-14(21)8-24-16(20)23/h5-7,12-13H,1-4,8H2,(H,19,22)/t12-,13+/m0/s1. The van der Waals surface area contributed by atoms with Gasteiger partial charge in [-0.3, -0.25) is 19.3 Å². The lowest BCUT2D eigenvalue weighted by molar-refractivity contribution is -0.127. The first kappa shape index (κ1) is 17.6. The summed E-state index contributed by atoms with van der Waals surface area (Å²) in [7, 11) is 0. The van der Waals surface area contributed by atoms with Gasteiger partial charge in [-0.25, -0.2) is 0 Å². The zero-order chi connectivity index (χ0) is 17.3. The van der Waals surface area contributed by atoms with E-state index in [4.69, 9.17) is 23.2 Å². The molecule has 8 heteroatoms. The molecule has 128 valence electrons. The van der Waals surface area contributed by atoms with E-state index in [1.165, 1.54) is 11.0 Å². The van der Waals surface area contributed by atoms with Gasteiger partial charge in [0.25, 0.3) is 11.1 Å². The number of thioether (sulfide) groups is 1. The number of benzene rings is 1. The highest BCUT2D eigenvalue weighted by Gasteiger charge is 2.41. The second-order valence-corrected chi connectivity index (χ2v) is 7.64. The molecule has 0 bridgehead atoms. The molecular weight excluding hydrogens is 371 g/mol. The van der Waals surface area contributed by atoms with Crippen molar-refractivity contribution in [2.45, 2.75) is 37.8 Å². The van der Waals surface area contributed by atoms with Gasteiger partial charge >= 0.3 is 0 Å². The van der Waals surface area contributed by atoms with E-state index in [-0.39, 0.29) is 34.9 Å². The summed E-state index contributed by atoms with van der Waals surface area (Å²) in [5.41, 5.74) is 0.293. The second kappa shape index (κ2) is 7.33.